The van der Waals surface area contributed by atoms with E-state index in [2.05, 4.69) is 0 Å². The third-order valence-electron chi connectivity index (χ3n) is 2.19. The first kappa shape index (κ1) is 11.9. The fourth-order valence-electron chi connectivity index (χ4n) is 1.17. The molecule has 14 heavy (non-hydrogen) atoms. The highest BCUT2D eigenvalue weighted by Crippen LogP contribution is 2.25. The van der Waals surface area contributed by atoms with Crippen molar-refractivity contribution >= 4 is 17.7 Å². The molecule has 0 atom stereocenters. The second-order valence-corrected chi connectivity index (χ2v) is 5.70. The first-order valence-electron chi connectivity index (χ1n) is 5.02. The van der Waals surface area contributed by atoms with Crippen molar-refractivity contribution in [3.63, 3.8) is 0 Å². The van der Waals surface area contributed by atoms with Crippen molar-refractivity contribution in [2.45, 2.75) is 38.3 Å². The number of nitrogens with two attached hydrogens (primary N) is 1. The quantitative estimate of drug-likeness (QED) is 0.748. The number of thioether (sulfide) groups is 1. The van der Waals surface area contributed by atoms with E-state index in [1.54, 1.807) is 11.8 Å². The number of rotatable bonds is 5. The van der Waals surface area contributed by atoms with E-state index in [0.717, 1.165) is 5.75 Å². The number of carbonyl (C=O) groups is 1. The van der Waals surface area contributed by atoms with Gasteiger partial charge in [-0.1, -0.05) is 0 Å². The lowest BCUT2D eigenvalue weighted by Crippen LogP contribution is -2.36. The zero-order valence-electron chi connectivity index (χ0n) is 9.25. The molecule has 4 heteroatoms. The summed E-state index contributed by atoms with van der Waals surface area (Å²) in [6, 6.07) is 0.522. The van der Waals surface area contributed by atoms with Crippen molar-refractivity contribution in [2.24, 2.45) is 5.73 Å². The fourth-order valence-corrected chi connectivity index (χ4v) is 2.18. The molecule has 0 unspecified atom stereocenters. The molecule has 1 fully saturated rings. The molecule has 0 spiro atoms. The van der Waals surface area contributed by atoms with Gasteiger partial charge in [0.1, 0.15) is 0 Å². The monoisotopic (exact) mass is 216 g/mol. The zero-order chi connectivity index (χ0) is 10.8. The normalized spacial score (nSPS) is 16.9. The van der Waals surface area contributed by atoms with Crippen molar-refractivity contribution in [3.8, 4) is 0 Å². The van der Waals surface area contributed by atoms with Gasteiger partial charge in [-0.3, -0.25) is 4.79 Å². The lowest BCUT2D eigenvalue weighted by Gasteiger charge is -2.19. The van der Waals surface area contributed by atoms with Crippen LogP contribution in [0.2, 0.25) is 0 Å². The summed E-state index contributed by atoms with van der Waals surface area (Å²) >= 11 is 1.63. The van der Waals surface area contributed by atoms with Crippen molar-refractivity contribution in [3.05, 3.63) is 0 Å². The Balaban J connectivity index is 2.14. The summed E-state index contributed by atoms with van der Waals surface area (Å²) in [5.41, 5.74) is 5.65. The summed E-state index contributed by atoms with van der Waals surface area (Å²) in [5, 5.41) is 0. The van der Waals surface area contributed by atoms with Crippen LogP contribution in [-0.2, 0) is 4.79 Å². The second-order valence-electron chi connectivity index (χ2n) is 4.72. The maximum absolute atomic E-state index is 11.6. The van der Waals surface area contributed by atoms with Crippen LogP contribution in [0.4, 0.5) is 0 Å². The van der Waals surface area contributed by atoms with Crippen LogP contribution in [0.3, 0.4) is 0 Å². The largest absolute Gasteiger partial charge is 0.342 e. The van der Waals surface area contributed by atoms with Crippen LogP contribution < -0.4 is 5.73 Å². The van der Waals surface area contributed by atoms with Crippen molar-refractivity contribution in [1.29, 1.82) is 0 Å². The number of nitrogens with zero attached hydrogens (tertiary/aromatic N) is 1. The summed E-state index contributed by atoms with van der Waals surface area (Å²) in [7, 11) is 1.90. The summed E-state index contributed by atoms with van der Waals surface area (Å²) in [6.07, 6.45) is 2.35. The van der Waals surface area contributed by atoms with E-state index in [1.165, 1.54) is 12.8 Å². The van der Waals surface area contributed by atoms with Crippen molar-refractivity contribution in [1.82, 2.24) is 4.90 Å². The Kier molecular flexibility index (Phi) is 3.84. The first-order valence-corrected chi connectivity index (χ1v) is 6.18. The predicted octanol–water partition coefficient (Wildman–Crippen LogP) is 1.08. The molecule has 0 aliphatic heterocycles. The minimum atomic E-state index is -0.177. The molecule has 0 heterocycles. The molecule has 1 aliphatic carbocycles. The van der Waals surface area contributed by atoms with E-state index in [9.17, 15) is 4.79 Å². The smallest absolute Gasteiger partial charge is 0.232 e. The molecule has 1 saturated carbocycles. The van der Waals surface area contributed by atoms with Crippen LogP contribution in [0.25, 0.3) is 0 Å². The SMILES string of the molecule is CN(C(=O)CSCC(C)(C)N)C1CC1. The van der Waals surface area contributed by atoms with Crippen LogP contribution in [0.5, 0.6) is 0 Å². The second kappa shape index (κ2) is 4.53. The molecule has 1 aliphatic rings. The van der Waals surface area contributed by atoms with Gasteiger partial charge >= 0.3 is 0 Å². The van der Waals surface area contributed by atoms with Gasteiger partial charge in [0.15, 0.2) is 0 Å². The van der Waals surface area contributed by atoms with Gasteiger partial charge in [-0.05, 0) is 26.7 Å². The molecule has 0 aromatic carbocycles. The van der Waals surface area contributed by atoms with E-state index in [4.69, 9.17) is 5.73 Å². The Morgan fingerprint density at radius 1 is 1.57 bits per heavy atom. The summed E-state index contributed by atoms with van der Waals surface area (Å²) < 4.78 is 0. The molecular formula is C10H20N2OS. The fraction of sp³-hybridized carbons (Fsp3) is 0.900. The minimum Gasteiger partial charge on any atom is -0.342 e. The zero-order valence-corrected chi connectivity index (χ0v) is 10.1. The molecule has 1 rings (SSSR count). The molecule has 0 bridgehead atoms. The van der Waals surface area contributed by atoms with Gasteiger partial charge in [-0.2, -0.15) is 11.8 Å². The molecule has 1 amide bonds. The van der Waals surface area contributed by atoms with E-state index in [0.29, 0.717) is 11.8 Å². The molecule has 0 aromatic rings. The highest BCUT2D eigenvalue weighted by atomic mass is 32.2. The van der Waals surface area contributed by atoms with E-state index < -0.39 is 0 Å². The predicted molar refractivity (Wildman–Crippen MR) is 61.4 cm³/mol. The van der Waals surface area contributed by atoms with Crippen molar-refractivity contribution < 1.29 is 4.79 Å². The Morgan fingerprint density at radius 3 is 2.57 bits per heavy atom. The Bertz CT molecular complexity index is 209. The van der Waals surface area contributed by atoms with Gasteiger partial charge in [0.25, 0.3) is 0 Å². The average molecular weight is 216 g/mol. The first-order chi connectivity index (χ1) is 6.40. The highest BCUT2D eigenvalue weighted by molar-refractivity contribution is 8.00. The standard InChI is InChI=1S/C10H20N2OS/c1-10(2,11)7-14-6-9(13)12(3)8-4-5-8/h8H,4-7,11H2,1-3H3. The Labute approximate surface area is 90.4 Å². The van der Waals surface area contributed by atoms with Crippen LogP contribution in [0.15, 0.2) is 0 Å². The van der Waals surface area contributed by atoms with Gasteiger partial charge < -0.3 is 10.6 Å². The lowest BCUT2D eigenvalue weighted by atomic mass is 10.1. The Morgan fingerprint density at radius 2 is 2.14 bits per heavy atom. The molecule has 0 saturated heterocycles. The number of hydrogen-bond acceptors (Lipinski definition) is 3. The summed E-state index contributed by atoms with van der Waals surface area (Å²) in [4.78, 5) is 13.4. The van der Waals surface area contributed by atoms with Gasteiger partial charge in [0.2, 0.25) is 5.91 Å². The third kappa shape index (κ3) is 4.33. The van der Waals surface area contributed by atoms with Crippen LogP contribution in [-0.4, -0.2) is 40.9 Å². The molecule has 0 aromatic heterocycles. The van der Waals surface area contributed by atoms with Crippen LogP contribution in [0.1, 0.15) is 26.7 Å². The maximum Gasteiger partial charge on any atom is 0.232 e. The van der Waals surface area contributed by atoms with Gasteiger partial charge in [0, 0.05) is 24.4 Å². The van der Waals surface area contributed by atoms with Crippen molar-refractivity contribution in [2.75, 3.05) is 18.6 Å². The highest BCUT2D eigenvalue weighted by Gasteiger charge is 2.29. The number of amides is 1. The Hall–Kier alpha value is -0.220. The molecular weight excluding hydrogens is 196 g/mol. The third-order valence-corrected chi connectivity index (χ3v) is 3.59. The lowest BCUT2D eigenvalue weighted by molar-refractivity contribution is -0.127. The maximum atomic E-state index is 11.6. The summed E-state index contributed by atoms with van der Waals surface area (Å²) in [5.74, 6) is 1.63. The minimum absolute atomic E-state index is 0.177. The molecule has 0 radical (unpaired) electrons. The van der Waals surface area contributed by atoms with E-state index in [1.807, 2.05) is 25.8 Å². The van der Waals surface area contributed by atoms with Gasteiger partial charge in [-0.25, -0.2) is 0 Å². The van der Waals surface area contributed by atoms with Gasteiger partial charge in [-0.15, -0.1) is 0 Å². The number of hydrogen-bond donors (Lipinski definition) is 1. The molecule has 82 valence electrons. The van der Waals surface area contributed by atoms with E-state index in [-0.39, 0.29) is 11.4 Å². The van der Waals surface area contributed by atoms with Gasteiger partial charge in [0.05, 0.1) is 5.75 Å². The number of carbonyl (C=O) groups excluding carboxylic acids is 1. The molecule has 3 nitrogen and oxygen atoms in total. The molecule has 2 N–H and O–H groups in total. The van der Waals surface area contributed by atoms with Crippen LogP contribution in [0, 0.1) is 0 Å². The van der Waals surface area contributed by atoms with Crippen LogP contribution >= 0.6 is 11.8 Å². The summed E-state index contributed by atoms with van der Waals surface area (Å²) in [6.45, 7) is 3.96. The topological polar surface area (TPSA) is 46.3 Å². The average Bonchev–Trinajstić information content (AvgIpc) is 2.82. The van der Waals surface area contributed by atoms with E-state index >= 15 is 0 Å².